The number of aromatic carboxylic acids is 1. The Labute approximate surface area is 254 Å². The second-order valence-electron chi connectivity index (χ2n) is 10.7. The minimum Gasteiger partial charge on any atom is -0.483 e. The number of hydrogen-bond acceptors (Lipinski definition) is 7. The maximum Gasteiger partial charge on any atom is 0.335 e. The third-order valence-corrected chi connectivity index (χ3v) is 8.22. The normalized spacial score (nSPS) is 18.3. The summed E-state index contributed by atoms with van der Waals surface area (Å²) in [4.78, 5) is 27.2. The number of piperidine rings is 1. The average Bonchev–Trinajstić information content (AvgIpc) is 3.53. The highest BCUT2D eigenvalue weighted by molar-refractivity contribution is 6.30. The highest BCUT2D eigenvalue weighted by Crippen LogP contribution is 2.49. The second-order valence-corrected chi connectivity index (χ2v) is 11.1. The maximum absolute atomic E-state index is 11.5. The lowest BCUT2D eigenvalue weighted by atomic mass is 9.88. The van der Waals surface area contributed by atoms with Crippen molar-refractivity contribution in [1.29, 1.82) is 0 Å². The number of aromatic nitrogens is 2. The van der Waals surface area contributed by atoms with Gasteiger partial charge in [0.1, 0.15) is 5.82 Å². The average molecular weight is 608 g/mol. The van der Waals surface area contributed by atoms with E-state index in [1.165, 1.54) is 5.56 Å². The van der Waals surface area contributed by atoms with E-state index in [1.807, 2.05) is 43.3 Å². The number of fused-ring (bicyclic) bond motifs is 2. The lowest BCUT2D eigenvalue weighted by Gasteiger charge is -2.32. The van der Waals surface area contributed by atoms with Crippen molar-refractivity contribution >= 4 is 35.1 Å². The van der Waals surface area contributed by atoms with Crippen LogP contribution < -0.4 is 9.47 Å². The second kappa shape index (κ2) is 13.0. The minimum atomic E-state index is -0.944. The number of nitrogens with zero attached hydrogens (tertiary/aromatic N) is 3. The zero-order valence-corrected chi connectivity index (χ0v) is 24.8. The van der Waals surface area contributed by atoms with Gasteiger partial charge in [0.25, 0.3) is 12.3 Å². The molecule has 6 rings (SSSR count). The van der Waals surface area contributed by atoms with E-state index in [0.717, 1.165) is 59.9 Å². The largest absolute Gasteiger partial charge is 0.483 e. The minimum absolute atomic E-state index is 0.250. The standard InChI is InChI=1S/C31H32ClN3O5.CH2O2/c1-31(22-7-9-23(32)10-8-22)39-27-5-3-4-24(29(27)40-31)20-12-14-34(15-13-20)19-28-33-25-11-6-21(30(36)37)18-26(25)35(28)16-17-38-2;2-1-3/h3-11,18,20H,12-17,19H2,1-2H3,(H,36,37);1H,(H,2,3). The molecule has 1 atom stereocenters. The Morgan fingerprint density at radius 1 is 1.14 bits per heavy atom. The fourth-order valence-electron chi connectivity index (χ4n) is 5.80. The number of halogens is 1. The summed E-state index contributed by atoms with van der Waals surface area (Å²) in [5.74, 6) is 1.03. The van der Waals surface area contributed by atoms with Crippen LogP contribution in [-0.2, 0) is 28.4 Å². The molecule has 10 nitrogen and oxygen atoms in total. The molecule has 2 N–H and O–H groups in total. The highest BCUT2D eigenvalue weighted by atomic mass is 35.5. The van der Waals surface area contributed by atoms with Crippen LogP contribution in [0.2, 0.25) is 5.02 Å². The number of carbonyl (C=O) groups is 2. The fraction of sp³-hybridized carbons (Fsp3) is 0.344. The molecule has 0 bridgehead atoms. The van der Waals surface area contributed by atoms with E-state index in [-0.39, 0.29) is 12.0 Å². The predicted octanol–water partition coefficient (Wildman–Crippen LogP) is 5.76. The van der Waals surface area contributed by atoms with Crippen molar-refractivity contribution in [1.82, 2.24) is 14.5 Å². The van der Waals surface area contributed by atoms with Gasteiger partial charge in [0.15, 0.2) is 11.5 Å². The van der Waals surface area contributed by atoms with Gasteiger partial charge in [-0.15, -0.1) is 0 Å². The summed E-state index contributed by atoms with van der Waals surface area (Å²) in [6, 6.07) is 18.8. The molecule has 0 amide bonds. The lowest BCUT2D eigenvalue weighted by molar-refractivity contribution is -0.122. The van der Waals surface area contributed by atoms with E-state index >= 15 is 0 Å². The third-order valence-electron chi connectivity index (χ3n) is 7.97. The first-order valence-corrected chi connectivity index (χ1v) is 14.4. The summed E-state index contributed by atoms with van der Waals surface area (Å²) in [6.07, 6.45) is 1.97. The number of para-hydroxylation sites is 1. The van der Waals surface area contributed by atoms with Crippen LogP contribution in [0.25, 0.3) is 11.0 Å². The molecule has 3 aromatic carbocycles. The summed E-state index contributed by atoms with van der Waals surface area (Å²) in [5.41, 5.74) is 3.98. The number of carboxylic acid groups (broad SMARTS) is 2. The van der Waals surface area contributed by atoms with Crippen molar-refractivity contribution in [3.63, 3.8) is 0 Å². The number of rotatable bonds is 8. The van der Waals surface area contributed by atoms with E-state index in [0.29, 0.717) is 30.6 Å². The SMILES string of the molecule is COCCn1c(CN2CCC(c3cccc4c3OC(C)(c3ccc(Cl)cc3)O4)CC2)nc2ccc(C(=O)O)cc21.O=CO. The maximum atomic E-state index is 11.5. The molecule has 0 radical (unpaired) electrons. The van der Waals surface area contributed by atoms with Crippen LogP contribution in [0.3, 0.4) is 0 Å². The first kappa shape index (κ1) is 30.3. The molecule has 0 aliphatic carbocycles. The number of methoxy groups -OCH3 is 1. The number of benzene rings is 3. The molecular weight excluding hydrogens is 574 g/mol. The molecule has 2 aliphatic heterocycles. The van der Waals surface area contributed by atoms with Crippen molar-refractivity contribution < 1.29 is 34.0 Å². The Balaban J connectivity index is 0.00000118. The molecule has 0 spiro atoms. The molecule has 226 valence electrons. The van der Waals surface area contributed by atoms with Gasteiger partial charge in [-0.05, 0) is 80.4 Å². The Bertz CT molecular complexity index is 1600. The Kier molecular flexibility index (Phi) is 9.19. The topological polar surface area (TPSA) is 123 Å². The van der Waals surface area contributed by atoms with Crippen molar-refractivity contribution in [3.05, 3.63) is 88.2 Å². The molecule has 43 heavy (non-hydrogen) atoms. The molecule has 1 unspecified atom stereocenters. The van der Waals surface area contributed by atoms with Gasteiger partial charge in [0, 0.05) is 36.7 Å². The van der Waals surface area contributed by atoms with Crippen LogP contribution in [0.4, 0.5) is 0 Å². The Morgan fingerprint density at radius 3 is 2.53 bits per heavy atom. The Hall–Kier alpha value is -4.12. The fourth-order valence-corrected chi connectivity index (χ4v) is 5.93. The first-order valence-electron chi connectivity index (χ1n) is 14.0. The van der Waals surface area contributed by atoms with Crippen LogP contribution >= 0.6 is 11.6 Å². The molecule has 1 saturated heterocycles. The van der Waals surface area contributed by atoms with Gasteiger partial charge >= 0.3 is 5.97 Å². The quantitative estimate of drug-likeness (QED) is 0.241. The van der Waals surface area contributed by atoms with E-state index in [9.17, 15) is 9.90 Å². The highest BCUT2D eigenvalue weighted by Gasteiger charge is 2.41. The molecule has 3 heterocycles. The smallest absolute Gasteiger partial charge is 0.335 e. The van der Waals surface area contributed by atoms with Crippen molar-refractivity contribution in [2.45, 2.75) is 44.6 Å². The molecule has 11 heteroatoms. The summed E-state index contributed by atoms with van der Waals surface area (Å²) < 4.78 is 20.2. The molecule has 4 aromatic rings. The molecular formula is C32H34ClN3O7. The van der Waals surface area contributed by atoms with Crippen LogP contribution in [0.5, 0.6) is 11.5 Å². The van der Waals surface area contributed by atoms with Gasteiger partial charge in [-0.25, -0.2) is 9.78 Å². The van der Waals surface area contributed by atoms with Crippen molar-refractivity contribution in [2.24, 2.45) is 0 Å². The van der Waals surface area contributed by atoms with E-state index < -0.39 is 11.8 Å². The lowest BCUT2D eigenvalue weighted by Crippen LogP contribution is -2.34. The van der Waals surface area contributed by atoms with Gasteiger partial charge in [0.2, 0.25) is 0 Å². The molecule has 1 aromatic heterocycles. The third kappa shape index (κ3) is 6.46. The number of hydrogen-bond donors (Lipinski definition) is 2. The van der Waals surface area contributed by atoms with Crippen LogP contribution in [0, 0.1) is 0 Å². The summed E-state index contributed by atoms with van der Waals surface area (Å²) in [7, 11) is 1.67. The van der Waals surface area contributed by atoms with Crippen LogP contribution in [0.15, 0.2) is 60.7 Å². The monoisotopic (exact) mass is 607 g/mol. The van der Waals surface area contributed by atoms with E-state index in [1.54, 1.807) is 25.3 Å². The van der Waals surface area contributed by atoms with Gasteiger partial charge < -0.3 is 29.0 Å². The molecule has 0 saturated carbocycles. The predicted molar refractivity (Wildman–Crippen MR) is 161 cm³/mol. The molecule has 2 aliphatic rings. The van der Waals surface area contributed by atoms with Crippen LogP contribution in [-0.4, -0.2) is 63.9 Å². The Morgan fingerprint density at radius 2 is 1.86 bits per heavy atom. The van der Waals surface area contributed by atoms with Gasteiger partial charge in [-0.2, -0.15) is 0 Å². The van der Waals surface area contributed by atoms with Crippen molar-refractivity contribution in [2.75, 3.05) is 26.8 Å². The summed E-state index contributed by atoms with van der Waals surface area (Å²) >= 11 is 6.09. The summed E-state index contributed by atoms with van der Waals surface area (Å²) in [6.45, 7) is 5.34. The number of likely N-dealkylation sites (tertiary alicyclic amines) is 1. The van der Waals surface area contributed by atoms with Gasteiger partial charge in [-0.3, -0.25) is 9.69 Å². The summed E-state index contributed by atoms with van der Waals surface area (Å²) in [5, 5.41) is 17.0. The first-order chi connectivity index (χ1) is 20.8. The number of imidazole rings is 1. The van der Waals surface area contributed by atoms with Gasteiger partial charge in [0.05, 0.1) is 29.7 Å². The van der Waals surface area contributed by atoms with E-state index in [4.69, 9.17) is 40.7 Å². The molecule has 1 fully saturated rings. The van der Waals surface area contributed by atoms with Gasteiger partial charge in [-0.1, -0.05) is 23.7 Å². The van der Waals surface area contributed by atoms with E-state index in [2.05, 4.69) is 15.5 Å². The zero-order valence-electron chi connectivity index (χ0n) is 24.0. The van der Waals surface area contributed by atoms with Crippen molar-refractivity contribution in [3.8, 4) is 11.5 Å². The number of ether oxygens (including phenoxy) is 3. The zero-order chi connectivity index (χ0) is 30.6. The van der Waals surface area contributed by atoms with Crippen LogP contribution in [0.1, 0.15) is 53.0 Å². The number of carboxylic acids is 1.